The molecule has 2 saturated heterocycles. The Hall–Kier alpha value is -1.97. The van der Waals surface area contributed by atoms with Gasteiger partial charge in [-0.15, -0.1) is 0 Å². The van der Waals surface area contributed by atoms with Gasteiger partial charge in [-0.25, -0.2) is 0 Å². The van der Waals surface area contributed by atoms with E-state index in [4.69, 9.17) is 23.7 Å². The molecule has 1 spiro atoms. The van der Waals surface area contributed by atoms with Crippen LogP contribution < -0.4 is 0 Å². The lowest BCUT2D eigenvalue weighted by Gasteiger charge is -2.58. The Morgan fingerprint density at radius 1 is 1.17 bits per heavy atom. The molecule has 9 nitrogen and oxygen atoms in total. The molecule has 0 aromatic rings. The molecule has 3 fully saturated rings. The van der Waals surface area contributed by atoms with Crippen LogP contribution in [0.3, 0.4) is 0 Å². The third-order valence-corrected chi connectivity index (χ3v) is 7.46. The number of aliphatic hydroxyl groups excluding tert-OH is 1. The zero-order chi connectivity index (χ0) is 22.1. The Morgan fingerprint density at radius 3 is 2.33 bits per heavy atom. The summed E-state index contributed by atoms with van der Waals surface area (Å²) < 4.78 is 28.9. The molecule has 166 valence electrons. The van der Waals surface area contributed by atoms with Gasteiger partial charge < -0.3 is 28.8 Å². The Balaban J connectivity index is 1.87. The molecule has 0 amide bonds. The van der Waals surface area contributed by atoms with Gasteiger partial charge in [0.05, 0.1) is 23.5 Å². The van der Waals surface area contributed by atoms with Gasteiger partial charge in [0.25, 0.3) is 0 Å². The van der Waals surface area contributed by atoms with Crippen molar-refractivity contribution < 1.29 is 43.2 Å². The van der Waals surface area contributed by atoms with Gasteiger partial charge >= 0.3 is 17.9 Å². The summed E-state index contributed by atoms with van der Waals surface area (Å²) in [6, 6.07) is 0. The van der Waals surface area contributed by atoms with E-state index in [2.05, 4.69) is 0 Å². The molecule has 4 aliphatic rings. The molecular formula is C21H28O9. The van der Waals surface area contributed by atoms with Crippen LogP contribution in [0.4, 0.5) is 0 Å². The molecule has 2 bridgehead atoms. The standard InChI is InChI=1S/C21H28O9/c1-10-6-15-20(8-26-11(2)22,7-14(10)28-12(3)23)19(5)17(29-13(4)24)16(25)18(30-15)21(19)9-27-21/h6,14-18,25H,7-9H2,1-5H3/t14-,15+,16+,17+,18+,19+,20+,21+/m0/s1. The summed E-state index contributed by atoms with van der Waals surface area (Å²) in [6.45, 7) is 7.91. The maximum Gasteiger partial charge on any atom is 0.303 e. The zero-order valence-electron chi connectivity index (χ0n) is 17.8. The van der Waals surface area contributed by atoms with Crippen molar-refractivity contribution in [1.29, 1.82) is 0 Å². The van der Waals surface area contributed by atoms with Gasteiger partial charge in [0.2, 0.25) is 0 Å². The minimum Gasteiger partial charge on any atom is -0.465 e. The number of fused-ring (bicyclic) bond motifs is 2. The first-order chi connectivity index (χ1) is 14.0. The summed E-state index contributed by atoms with van der Waals surface area (Å²) in [5.74, 6) is -1.45. The predicted octanol–water partition coefficient (Wildman–Crippen LogP) is 0.667. The summed E-state index contributed by atoms with van der Waals surface area (Å²) in [5.41, 5.74) is -1.99. The number of aliphatic hydroxyl groups is 1. The second-order valence-electron chi connectivity index (χ2n) is 9.03. The molecule has 2 aliphatic heterocycles. The molecule has 8 atom stereocenters. The molecule has 0 aromatic heterocycles. The molecule has 1 N–H and O–H groups in total. The fourth-order valence-electron chi connectivity index (χ4n) is 5.92. The van der Waals surface area contributed by atoms with Crippen molar-refractivity contribution in [2.75, 3.05) is 13.2 Å². The predicted molar refractivity (Wildman–Crippen MR) is 100 cm³/mol. The highest BCUT2D eigenvalue weighted by Crippen LogP contribution is 2.72. The normalized spacial score (nSPS) is 45.9. The van der Waals surface area contributed by atoms with E-state index in [-0.39, 0.29) is 13.0 Å². The van der Waals surface area contributed by atoms with E-state index in [0.29, 0.717) is 6.61 Å². The summed E-state index contributed by atoms with van der Waals surface area (Å²) in [6.07, 6.45) is -1.75. The Morgan fingerprint density at radius 2 is 1.80 bits per heavy atom. The van der Waals surface area contributed by atoms with Gasteiger partial charge in [-0.2, -0.15) is 0 Å². The highest BCUT2D eigenvalue weighted by molar-refractivity contribution is 5.67. The van der Waals surface area contributed by atoms with Crippen molar-refractivity contribution >= 4 is 17.9 Å². The number of epoxide rings is 1. The highest BCUT2D eigenvalue weighted by atomic mass is 16.7. The lowest BCUT2D eigenvalue weighted by Crippen LogP contribution is -2.68. The van der Waals surface area contributed by atoms with E-state index < -0.39 is 64.9 Å². The number of rotatable bonds is 4. The van der Waals surface area contributed by atoms with Gasteiger partial charge in [0.15, 0.2) is 0 Å². The molecule has 9 heteroatoms. The van der Waals surface area contributed by atoms with Crippen LogP contribution in [-0.2, 0) is 38.1 Å². The summed E-state index contributed by atoms with van der Waals surface area (Å²) in [4.78, 5) is 35.4. The van der Waals surface area contributed by atoms with Crippen LogP contribution in [0.15, 0.2) is 11.6 Å². The smallest absolute Gasteiger partial charge is 0.303 e. The van der Waals surface area contributed by atoms with E-state index in [1.807, 2.05) is 19.9 Å². The summed E-state index contributed by atoms with van der Waals surface area (Å²) in [7, 11) is 0. The highest BCUT2D eigenvalue weighted by Gasteiger charge is 2.86. The quantitative estimate of drug-likeness (QED) is 0.300. The van der Waals surface area contributed by atoms with E-state index in [1.54, 1.807) is 0 Å². The van der Waals surface area contributed by atoms with Gasteiger partial charge in [-0.05, 0) is 12.5 Å². The van der Waals surface area contributed by atoms with Crippen LogP contribution in [0, 0.1) is 10.8 Å². The van der Waals surface area contributed by atoms with Gasteiger partial charge in [-0.3, -0.25) is 14.4 Å². The van der Waals surface area contributed by atoms with Gasteiger partial charge in [0, 0.05) is 27.2 Å². The third kappa shape index (κ3) is 2.68. The average molecular weight is 424 g/mol. The number of carbonyl (C=O) groups is 3. The van der Waals surface area contributed by atoms with Crippen LogP contribution in [0.1, 0.15) is 41.0 Å². The van der Waals surface area contributed by atoms with Crippen LogP contribution in [0.25, 0.3) is 0 Å². The summed E-state index contributed by atoms with van der Waals surface area (Å²) >= 11 is 0. The maximum absolute atomic E-state index is 11.9. The number of esters is 3. The van der Waals surface area contributed by atoms with Crippen molar-refractivity contribution in [2.45, 2.75) is 77.2 Å². The van der Waals surface area contributed by atoms with E-state index in [9.17, 15) is 19.5 Å². The zero-order valence-corrected chi connectivity index (χ0v) is 17.8. The molecule has 0 unspecified atom stereocenters. The van der Waals surface area contributed by atoms with Crippen LogP contribution in [0.2, 0.25) is 0 Å². The van der Waals surface area contributed by atoms with Crippen LogP contribution in [-0.4, -0.2) is 72.3 Å². The fourth-order valence-corrected chi connectivity index (χ4v) is 5.92. The maximum atomic E-state index is 11.9. The molecule has 4 rings (SSSR count). The Kier molecular flexibility index (Phi) is 4.80. The number of hydrogen-bond donors (Lipinski definition) is 1. The first-order valence-corrected chi connectivity index (χ1v) is 10.1. The first kappa shape index (κ1) is 21.3. The number of hydrogen-bond acceptors (Lipinski definition) is 9. The van der Waals surface area contributed by atoms with E-state index >= 15 is 0 Å². The van der Waals surface area contributed by atoms with Crippen LogP contribution >= 0.6 is 0 Å². The number of ether oxygens (including phenoxy) is 5. The van der Waals surface area contributed by atoms with E-state index in [0.717, 1.165) is 5.57 Å². The van der Waals surface area contributed by atoms with Crippen molar-refractivity contribution in [1.82, 2.24) is 0 Å². The first-order valence-electron chi connectivity index (χ1n) is 10.1. The molecule has 2 aliphatic carbocycles. The van der Waals surface area contributed by atoms with Crippen molar-refractivity contribution in [3.05, 3.63) is 11.6 Å². The van der Waals surface area contributed by atoms with Crippen molar-refractivity contribution in [3.63, 3.8) is 0 Å². The van der Waals surface area contributed by atoms with Crippen molar-refractivity contribution in [2.24, 2.45) is 10.8 Å². The lowest BCUT2D eigenvalue weighted by atomic mass is 9.51. The van der Waals surface area contributed by atoms with E-state index in [1.165, 1.54) is 20.8 Å². The number of carbonyl (C=O) groups excluding carboxylic acids is 3. The summed E-state index contributed by atoms with van der Waals surface area (Å²) in [5, 5.41) is 11.1. The Labute approximate surface area is 174 Å². The molecule has 0 aromatic carbocycles. The largest absolute Gasteiger partial charge is 0.465 e. The minimum absolute atomic E-state index is 0.0621. The second-order valence-corrected chi connectivity index (χ2v) is 9.03. The SMILES string of the molecule is CC(=O)OC[C@]12C[C@H](OC(C)=O)C(C)=C[C@H]1O[C@@H]1[C@H](O)[C@@H](OC(C)=O)[C@@]2(C)[C@@]12CO2. The van der Waals surface area contributed by atoms with Crippen LogP contribution in [0.5, 0.6) is 0 Å². The van der Waals surface area contributed by atoms with Crippen molar-refractivity contribution in [3.8, 4) is 0 Å². The average Bonchev–Trinajstić information content (AvgIpc) is 3.42. The lowest BCUT2D eigenvalue weighted by molar-refractivity contribution is -0.241. The minimum atomic E-state index is -1.11. The molecular weight excluding hydrogens is 396 g/mol. The molecule has 30 heavy (non-hydrogen) atoms. The third-order valence-electron chi connectivity index (χ3n) is 7.46. The topological polar surface area (TPSA) is 121 Å². The molecule has 2 heterocycles. The van der Waals surface area contributed by atoms with Gasteiger partial charge in [-0.1, -0.05) is 13.0 Å². The molecule has 1 saturated carbocycles. The second kappa shape index (κ2) is 6.77. The Bertz CT molecular complexity index is 815. The van der Waals surface area contributed by atoms with Gasteiger partial charge in [0.1, 0.15) is 36.6 Å². The monoisotopic (exact) mass is 424 g/mol. The fraction of sp³-hybridized carbons (Fsp3) is 0.762. The molecule has 0 radical (unpaired) electrons.